The predicted molar refractivity (Wildman–Crippen MR) is 108 cm³/mol. The molecule has 0 saturated heterocycles. The van der Waals surface area contributed by atoms with Crippen LogP contribution < -0.4 is 4.74 Å². The standard InChI is InChI=1S/C22H13ClF2N4O2/c23-16-3-1-2-14(10-16)4-6-17-11-19(8-9-26-17)30-13-18-7-5-15(12-27-18)21-28-29-22(31-21)20(24)25/h1-3,5,7-12,20H,13H2. The van der Waals surface area contributed by atoms with Gasteiger partial charge in [-0.25, -0.2) is 4.98 Å². The van der Waals surface area contributed by atoms with Crippen LogP contribution in [0.2, 0.25) is 5.02 Å². The van der Waals surface area contributed by atoms with E-state index in [0.717, 1.165) is 5.56 Å². The quantitative estimate of drug-likeness (QED) is 0.404. The van der Waals surface area contributed by atoms with Crippen LogP contribution in [0.25, 0.3) is 11.5 Å². The molecule has 3 heterocycles. The maximum atomic E-state index is 12.6. The summed E-state index contributed by atoms with van der Waals surface area (Å²) in [5, 5.41) is 7.50. The van der Waals surface area contributed by atoms with Crippen LogP contribution in [0.3, 0.4) is 0 Å². The molecule has 0 radical (unpaired) electrons. The zero-order chi connectivity index (χ0) is 21.6. The van der Waals surface area contributed by atoms with E-state index in [1.807, 2.05) is 12.1 Å². The monoisotopic (exact) mass is 438 g/mol. The highest BCUT2D eigenvalue weighted by Crippen LogP contribution is 2.23. The molecular formula is C22H13ClF2N4O2. The van der Waals surface area contributed by atoms with Gasteiger partial charge in [0.1, 0.15) is 18.1 Å². The van der Waals surface area contributed by atoms with Gasteiger partial charge in [0.15, 0.2) is 0 Å². The third kappa shape index (κ3) is 5.41. The summed E-state index contributed by atoms with van der Waals surface area (Å²) in [5.74, 6) is 5.80. The summed E-state index contributed by atoms with van der Waals surface area (Å²) in [6.07, 6.45) is 0.238. The van der Waals surface area contributed by atoms with Crippen molar-refractivity contribution in [1.29, 1.82) is 0 Å². The number of hydrogen-bond donors (Lipinski definition) is 0. The molecule has 0 saturated carbocycles. The summed E-state index contributed by atoms with van der Waals surface area (Å²) < 4.78 is 35.8. The zero-order valence-corrected chi connectivity index (χ0v) is 16.6. The van der Waals surface area contributed by atoms with Gasteiger partial charge in [-0.2, -0.15) is 8.78 Å². The molecule has 0 aliphatic heterocycles. The molecule has 4 aromatic rings. The number of benzene rings is 1. The first-order chi connectivity index (χ1) is 15.1. The Labute approximate surface area is 180 Å². The van der Waals surface area contributed by atoms with Crippen molar-refractivity contribution in [3.8, 4) is 29.0 Å². The van der Waals surface area contributed by atoms with Gasteiger partial charge in [0.2, 0.25) is 5.89 Å². The number of rotatable bonds is 5. The molecule has 0 unspecified atom stereocenters. The Hall–Kier alpha value is -3.83. The molecule has 0 amide bonds. The average Bonchev–Trinajstić information content (AvgIpc) is 3.28. The van der Waals surface area contributed by atoms with Crippen LogP contribution in [0.5, 0.6) is 5.75 Å². The Morgan fingerprint density at radius 2 is 1.94 bits per heavy atom. The molecule has 0 N–H and O–H groups in total. The molecule has 0 aliphatic carbocycles. The van der Waals surface area contributed by atoms with Crippen LogP contribution in [0, 0.1) is 11.8 Å². The fourth-order valence-electron chi connectivity index (χ4n) is 2.50. The molecule has 1 aromatic carbocycles. The van der Waals surface area contributed by atoms with Crippen LogP contribution in [0.15, 0.2) is 65.3 Å². The fourth-order valence-corrected chi connectivity index (χ4v) is 2.70. The Kier molecular flexibility index (Phi) is 6.15. The Morgan fingerprint density at radius 3 is 2.68 bits per heavy atom. The molecule has 154 valence electrons. The first-order valence-electron chi connectivity index (χ1n) is 9.00. The number of aromatic nitrogens is 4. The van der Waals surface area contributed by atoms with Gasteiger partial charge in [-0.1, -0.05) is 23.6 Å². The molecule has 6 nitrogen and oxygen atoms in total. The molecule has 0 fully saturated rings. The van der Waals surface area contributed by atoms with E-state index in [1.54, 1.807) is 42.6 Å². The highest BCUT2D eigenvalue weighted by Gasteiger charge is 2.17. The third-order valence-corrected chi connectivity index (χ3v) is 4.21. The Morgan fingerprint density at radius 1 is 1.03 bits per heavy atom. The average molecular weight is 439 g/mol. The maximum absolute atomic E-state index is 12.6. The smallest absolute Gasteiger partial charge is 0.314 e. The Balaban J connectivity index is 1.40. The lowest BCUT2D eigenvalue weighted by Crippen LogP contribution is -1.99. The maximum Gasteiger partial charge on any atom is 0.314 e. The Bertz CT molecular complexity index is 1250. The van der Waals surface area contributed by atoms with Crippen molar-refractivity contribution in [2.45, 2.75) is 13.0 Å². The summed E-state index contributed by atoms with van der Waals surface area (Å²) in [5.41, 5.74) is 2.39. The first kappa shape index (κ1) is 20.4. The first-order valence-corrected chi connectivity index (χ1v) is 9.38. The number of hydrogen-bond acceptors (Lipinski definition) is 6. The van der Waals surface area contributed by atoms with Crippen molar-refractivity contribution in [1.82, 2.24) is 20.2 Å². The molecule has 31 heavy (non-hydrogen) atoms. The zero-order valence-electron chi connectivity index (χ0n) is 15.8. The number of pyridine rings is 2. The van der Waals surface area contributed by atoms with Crippen LogP contribution >= 0.6 is 11.6 Å². The van der Waals surface area contributed by atoms with Gasteiger partial charge in [-0.15, -0.1) is 10.2 Å². The van der Waals surface area contributed by atoms with Crippen LogP contribution in [-0.2, 0) is 6.61 Å². The molecule has 4 rings (SSSR count). The summed E-state index contributed by atoms with van der Waals surface area (Å²) in [6, 6.07) is 14.0. The second kappa shape index (κ2) is 9.32. The summed E-state index contributed by atoms with van der Waals surface area (Å²) in [4.78, 5) is 8.45. The lowest BCUT2D eigenvalue weighted by molar-refractivity contribution is 0.116. The van der Waals surface area contributed by atoms with E-state index in [2.05, 4.69) is 32.0 Å². The number of ether oxygens (including phenoxy) is 1. The molecule has 0 spiro atoms. The van der Waals surface area contributed by atoms with Crippen molar-refractivity contribution in [2.75, 3.05) is 0 Å². The lowest BCUT2D eigenvalue weighted by atomic mass is 10.2. The van der Waals surface area contributed by atoms with Gasteiger partial charge in [0.05, 0.1) is 11.3 Å². The fraction of sp³-hybridized carbons (Fsp3) is 0.0909. The third-order valence-electron chi connectivity index (χ3n) is 3.98. The van der Waals surface area contributed by atoms with E-state index in [-0.39, 0.29) is 12.5 Å². The van der Waals surface area contributed by atoms with Gasteiger partial charge in [0.25, 0.3) is 5.89 Å². The van der Waals surface area contributed by atoms with Crippen molar-refractivity contribution in [2.24, 2.45) is 0 Å². The van der Waals surface area contributed by atoms with Crippen LogP contribution in [0.1, 0.15) is 29.3 Å². The lowest BCUT2D eigenvalue weighted by Gasteiger charge is -2.06. The second-order valence-corrected chi connectivity index (χ2v) is 6.65. The van der Waals surface area contributed by atoms with E-state index in [4.69, 9.17) is 20.8 Å². The molecule has 0 bridgehead atoms. The van der Waals surface area contributed by atoms with Gasteiger partial charge in [0, 0.05) is 29.0 Å². The van der Waals surface area contributed by atoms with E-state index in [9.17, 15) is 8.78 Å². The van der Waals surface area contributed by atoms with Crippen LogP contribution in [-0.4, -0.2) is 20.2 Å². The highest BCUT2D eigenvalue weighted by atomic mass is 35.5. The SMILES string of the molecule is FC(F)c1nnc(-c2ccc(COc3ccnc(C#Cc4cccc(Cl)c4)c3)nc2)o1. The second-order valence-electron chi connectivity index (χ2n) is 6.21. The normalized spacial score (nSPS) is 10.6. The van der Waals surface area contributed by atoms with E-state index in [1.165, 1.54) is 6.20 Å². The molecule has 0 aliphatic rings. The van der Waals surface area contributed by atoms with E-state index in [0.29, 0.717) is 27.7 Å². The van der Waals surface area contributed by atoms with Crippen molar-refractivity contribution < 1.29 is 17.9 Å². The minimum atomic E-state index is -2.82. The largest absolute Gasteiger partial charge is 0.487 e. The molecular weight excluding hydrogens is 426 g/mol. The number of halogens is 3. The predicted octanol–water partition coefficient (Wildman–Crippen LogP) is 5.10. The minimum absolute atomic E-state index is 0.0210. The highest BCUT2D eigenvalue weighted by molar-refractivity contribution is 6.30. The molecule has 3 aromatic heterocycles. The topological polar surface area (TPSA) is 73.9 Å². The van der Waals surface area contributed by atoms with E-state index >= 15 is 0 Å². The van der Waals surface area contributed by atoms with Gasteiger partial charge in [-0.05, 0) is 42.3 Å². The van der Waals surface area contributed by atoms with E-state index < -0.39 is 12.3 Å². The van der Waals surface area contributed by atoms with Crippen molar-refractivity contribution >= 4 is 11.6 Å². The van der Waals surface area contributed by atoms with Crippen molar-refractivity contribution in [3.63, 3.8) is 0 Å². The van der Waals surface area contributed by atoms with Crippen molar-refractivity contribution in [3.05, 3.63) is 88.8 Å². The number of nitrogens with zero attached hydrogens (tertiary/aromatic N) is 4. The minimum Gasteiger partial charge on any atom is -0.487 e. The molecule has 9 heteroatoms. The number of alkyl halides is 2. The summed E-state index contributed by atoms with van der Waals surface area (Å²) in [6.45, 7) is 0.192. The molecule has 0 atom stereocenters. The van der Waals surface area contributed by atoms with Gasteiger partial charge < -0.3 is 9.15 Å². The summed E-state index contributed by atoms with van der Waals surface area (Å²) in [7, 11) is 0. The van der Waals surface area contributed by atoms with Gasteiger partial charge in [-0.3, -0.25) is 4.98 Å². The summed E-state index contributed by atoms with van der Waals surface area (Å²) >= 11 is 5.96. The van der Waals surface area contributed by atoms with Crippen LogP contribution in [0.4, 0.5) is 8.78 Å². The van der Waals surface area contributed by atoms with Gasteiger partial charge >= 0.3 is 6.43 Å².